The van der Waals surface area contributed by atoms with E-state index in [-0.39, 0.29) is 12.5 Å². The van der Waals surface area contributed by atoms with E-state index in [0.29, 0.717) is 23.1 Å². The molecule has 0 atom stereocenters. The molecule has 0 saturated heterocycles. The Morgan fingerprint density at radius 3 is 2.36 bits per heavy atom. The number of pyridine rings is 1. The molecule has 0 saturated carbocycles. The van der Waals surface area contributed by atoms with Crippen LogP contribution in [0.3, 0.4) is 0 Å². The molecule has 0 bridgehead atoms. The Balaban J connectivity index is 1.76. The van der Waals surface area contributed by atoms with Gasteiger partial charge in [-0.05, 0) is 42.0 Å². The topological polar surface area (TPSA) is 42.4 Å². The second kappa shape index (κ2) is 8.31. The third-order valence-electron chi connectivity index (χ3n) is 3.59. The van der Waals surface area contributed by atoms with Gasteiger partial charge in [0.1, 0.15) is 11.6 Å². The van der Waals surface area contributed by atoms with E-state index in [4.69, 9.17) is 16.3 Å². The molecule has 0 unspecified atom stereocenters. The van der Waals surface area contributed by atoms with Gasteiger partial charge < -0.3 is 4.74 Å². The van der Waals surface area contributed by atoms with E-state index in [2.05, 4.69) is 4.98 Å². The first-order valence-corrected chi connectivity index (χ1v) is 8.24. The molecule has 1 amide bonds. The first-order chi connectivity index (χ1) is 12.2. The van der Waals surface area contributed by atoms with Crippen LogP contribution in [0.25, 0.3) is 0 Å². The Bertz CT molecular complexity index is 808. The lowest BCUT2D eigenvalue weighted by molar-refractivity contribution is -0.120. The fourth-order valence-corrected chi connectivity index (χ4v) is 2.45. The predicted octanol–water partition coefficient (Wildman–Crippen LogP) is 4.35. The standard InChI is InChI=1S/C20H17ClN2O2/c21-17-11-9-16(10-12-17)14-23(19-8-4-5-13-22-19)20(24)15-25-18-6-2-1-3-7-18/h1-13H,14-15H2. The molecule has 0 N–H and O–H groups in total. The van der Waals surface area contributed by atoms with Gasteiger partial charge in [-0.25, -0.2) is 4.98 Å². The summed E-state index contributed by atoms with van der Waals surface area (Å²) < 4.78 is 5.59. The van der Waals surface area contributed by atoms with Crippen LogP contribution in [0.2, 0.25) is 5.02 Å². The van der Waals surface area contributed by atoms with Crippen molar-refractivity contribution in [1.29, 1.82) is 0 Å². The maximum absolute atomic E-state index is 12.7. The van der Waals surface area contributed by atoms with Crippen molar-refractivity contribution in [3.05, 3.63) is 89.6 Å². The number of carbonyl (C=O) groups is 1. The Labute approximate surface area is 151 Å². The highest BCUT2D eigenvalue weighted by Gasteiger charge is 2.18. The molecule has 2 aromatic carbocycles. The summed E-state index contributed by atoms with van der Waals surface area (Å²) in [7, 11) is 0. The predicted molar refractivity (Wildman–Crippen MR) is 98.8 cm³/mol. The molecule has 25 heavy (non-hydrogen) atoms. The second-order valence-electron chi connectivity index (χ2n) is 5.40. The van der Waals surface area contributed by atoms with E-state index >= 15 is 0 Å². The van der Waals surface area contributed by atoms with E-state index in [9.17, 15) is 4.79 Å². The molecule has 4 nitrogen and oxygen atoms in total. The molecule has 3 rings (SSSR count). The zero-order valence-electron chi connectivity index (χ0n) is 13.5. The van der Waals surface area contributed by atoms with E-state index in [1.807, 2.05) is 54.6 Å². The number of para-hydroxylation sites is 1. The number of nitrogens with zero attached hydrogens (tertiary/aromatic N) is 2. The highest BCUT2D eigenvalue weighted by molar-refractivity contribution is 6.30. The van der Waals surface area contributed by atoms with Crippen molar-refractivity contribution in [3.8, 4) is 5.75 Å². The lowest BCUT2D eigenvalue weighted by atomic mass is 10.2. The van der Waals surface area contributed by atoms with Gasteiger partial charge in [0.25, 0.3) is 5.91 Å². The van der Waals surface area contributed by atoms with Gasteiger partial charge in [-0.15, -0.1) is 0 Å². The first kappa shape index (κ1) is 17.0. The first-order valence-electron chi connectivity index (χ1n) is 7.86. The quantitative estimate of drug-likeness (QED) is 0.662. The molecule has 0 aliphatic rings. The summed E-state index contributed by atoms with van der Waals surface area (Å²) >= 11 is 5.93. The molecule has 0 aliphatic carbocycles. The molecule has 126 valence electrons. The SMILES string of the molecule is O=C(COc1ccccc1)N(Cc1ccc(Cl)cc1)c1ccccn1. The van der Waals surface area contributed by atoms with Crippen molar-refractivity contribution < 1.29 is 9.53 Å². The van der Waals surface area contributed by atoms with Crippen LogP contribution < -0.4 is 9.64 Å². The van der Waals surface area contributed by atoms with Crippen LogP contribution in [-0.2, 0) is 11.3 Å². The van der Waals surface area contributed by atoms with Gasteiger partial charge in [-0.3, -0.25) is 9.69 Å². The van der Waals surface area contributed by atoms with Crippen LogP contribution in [0.5, 0.6) is 5.75 Å². The van der Waals surface area contributed by atoms with Gasteiger partial charge in [0.15, 0.2) is 6.61 Å². The molecule has 0 fully saturated rings. The number of ether oxygens (including phenoxy) is 1. The summed E-state index contributed by atoms with van der Waals surface area (Å²) in [5.41, 5.74) is 0.961. The number of carbonyl (C=O) groups excluding carboxylic acids is 1. The van der Waals surface area contributed by atoms with E-state index in [0.717, 1.165) is 5.56 Å². The minimum Gasteiger partial charge on any atom is -0.484 e. The lowest BCUT2D eigenvalue weighted by Crippen LogP contribution is -2.35. The molecular weight excluding hydrogens is 336 g/mol. The smallest absolute Gasteiger partial charge is 0.266 e. The summed E-state index contributed by atoms with van der Waals surface area (Å²) in [6.07, 6.45) is 1.66. The monoisotopic (exact) mass is 352 g/mol. The molecule has 0 radical (unpaired) electrons. The number of amides is 1. The zero-order chi connectivity index (χ0) is 17.5. The molecule has 3 aromatic rings. The normalized spacial score (nSPS) is 10.3. The summed E-state index contributed by atoms with van der Waals surface area (Å²) in [5, 5.41) is 0.659. The van der Waals surface area contributed by atoms with Gasteiger partial charge in [-0.2, -0.15) is 0 Å². The second-order valence-corrected chi connectivity index (χ2v) is 5.83. The molecule has 1 heterocycles. The minimum absolute atomic E-state index is 0.0613. The van der Waals surface area contributed by atoms with Crippen molar-refractivity contribution in [3.63, 3.8) is 0 Å². The maximum Gasteiger partial charge on any atom is 0.266 e. The van der Waals surface area contributed by atoms with Crippen molar-refractivity contribution in [2.24, 2.45) is 0 Å². The van der Waals surface area contributed by atoms with Gasteiger partial charge in [-0.1, -0.05) is 48.0 Å². The lowest BCUT2D eigenvalue weighted by Gasteiger charge is -2.22. The summed E-state index contributed by atoms with van der Waals surface area (Å²) in [6.45, 7) is 0.333. The molecule has 0 spiro atoms. The third kappa shape index (κ3) is 4.81. The number of hydrogen-bond donors (Lipinski definition) is 0. The van der Waals surface area contributed by atoms with Crippen molar-refractivity contribution in [2.45, 2.75) is 6.54 Å². The molecular formula is C20H17ClN2O2. The third-order valence-corrected chi connectivity index (χ3v) is 3.84. The highest BCUT2D eigenvalue weighted by atomic mass is 35.5. The molecule has 5 heteroatoms. The number of hydrogen-bond acceptors (Lipinski definition) is 3. The van der Waals surface area contributed by atoms with E-state index in [1.165, 1.54) is 0 Å². The Hall–Kier alpha value is -2.85. The highest BCUT2D eigenvalue weighted by Crippen LogP contribution is 2.17. The van der Waals surface area contributed by atoms with Crippen LogP contribution >= 0.6 is 11.6 Å². The minimum atomic E-state index is -0.169. The average Bonchev–Trinajstić information content (AvgIpc) is 2.67. The fourth-order valence-electron chi connectivity index (χ4n) is 2.32. The number of benzene rings is 2. The number of rotatable bonds is 6. The molecule has 1 aromatic heterocycles. The maximum atomic E-state index is 12.7. The van der Waals surface area contributed by atoms with Crippen molar-refractivity contribution >= 4 is 23.3 Å². The van der Waals surface area contributed by atoms with Gasteiger partial charge in [0, 0.05) is 11.2 Å². The van der Waals surface area contributed by atoms with Crippen LogP contribution in [0, 0.1) is 0 Å². The summed E-state index contributed by atoms with van der Waals surface area (Å²) in [6, 6.07) is 22.1. The molecule has 0 aliphatic heterocycles. The van der Waals surface area contributed by atoms with E-state index in [1.54, 1.807) is 29.3 Å². The number of aromatic nitrogens is 1. The Morgan fingerprint density at radius 2 is 1.68 bits per heavy atom. The van der Waals surface area contributed by atoms with Crippen LogP contribution in [0.15, 0.2) is 79.0 Å². The van der Waals surface area contributed by atoms with Crippen LogP contribution in [0.1, 0.15) is 5.56 Å². The van der Waals surface area contributed by atoms with Gasteiger partial charge >= 0.3 is 0 Å². The van der Waals surface area contributed by atoms with Crippen molar-refractivity contribution in [2.75, 3.05) is 11.5 Å². The zero-order valence-corrected chi connectivity index (χ0v) is 14.3. The van der Waals surface area contributed by atoms with Gasteiger partial charge in [0.05, 0.1) is 6.54 Å². The number of anilines is 1. The van der Waals surface area contributed by atoms with Gasteiger partial charge in [0.2, 0.25) is 0 Å². The summed E-state index contributed by atoms with van der Waals surface area (Å²) in [4.78, 5) is 18.6. The van der Waals surface area contributed by atoms with Crippen molar-refractivity contribution in [1.82, 2.24) is 4.98 Å². The average molecular weight is 353 g/mol. The van der Waals surface area contributed by atoms with Crippen LogP contribution in [0.4, 0.5) is 5.82 Å². The Kier molecular flexibility index (Phi) is 5.65. The summed E-state index contributed by atoms with van der Waals surface area (Å²) in [5.74, 6) is 1.07. The fraction of sp³-hybridized carbons (Fsp3) is 0.100. The Morgan fingerprint density at radius 1 is 0.960 bits per heavy atom. The largest absolute Gasteiger partial charge is 0.484 e. The van der Waals surface area contributed by atoms with E-state index < -0.39 is 0 Å². The number of halogens is 1. The van der Waals surface area contributed by atoms with Crippen LogP contribution in [-0.4, -0.2) is 17.5 Å².